The molecule has 0 amide bonds. The van der Waals surface area contributed by atoms with Crippen LogP contribution in [0, 0.1) is 0 Å². The summed E-state index contributed by atoms with van der Waals surface area (Å²) >= 11 is 6.02. The Kier molecular flexibility index (Phi) is 5.41. The van der Waals surface area contributed by atoms with Crippen LogP contribution in [-0.4, -0.2) is 5.78 Å². The van der Waals surface area contributed by atoms with Gasteiger partial charge in [0.05, 0.1) is 23.0 Å². The minimum atomic E-state index is -4.54. The van der Waals surface area contributed by atoms with Crippen LogP contribution in [0.25, 0.3) is 0 Å². The standard InChI is InChI=1S/C26H20ClF3N2O/c27-17-11-9-15(10-12-17)16-13-22-24(23(33)14-16)25(32-21-8-4-3-7-20(21)31-22)18-5-1-2-6-19(18)26(28,29)30/h1-12,16,25,31-32H,13-14H2/t16-,25+/m0/s1. The number of carbonyl (C=O) groups is 1. The first-order valence-electron chi connectivity index (χ1n) is 10.6. The molecule has 33 heavy (non-hydrogen) atoms. The Morgan fingerprint density at radius 1 is 0.848 bits per heavy atom. The molecule has 0 aromatic heterocycles. The zero-order valence-electron chi connectivity index (χ0n) is 17.4. The van der Waals surface area contributed by atoms with Crippen molar-refractivity contribution in [3.63, 3.8) is 0 Å². The summed E-state index contributed by atoms with van der Waals surface area (Å²) in [5.74, 6) is -0.268. The van der Waals surface area contributed by atoms with Crippen LogP contribution in [0.5, 0.6) is 0 Å². The monoisotopic (exact) mass is 468 g/mol. The van der Waals surface area contributed by atoms with Crippen LogP contribution in [0.3, 0.4) is 0 Å². The molecule has 5 rings (SSSR count). The lowest BCUT2D eigenvalue weighted by atomic mass is 9.78. The molecule has 0 saturated carbocycles. The lowest BCUT2D eigenvalue weighted by molar-refractivity contribution is -0.138. The van der Waals surface area contributed by atoms with Crippen LogP contribution in [-0.2, 0) is 11.0 Å². The number of fused-ring (bicyclic) bond motifs is 1. The van der Waals surface area contributed by atoms with E-state index in [1.165, 1.54) is 12.1 Å². The van der Waals surface area contributed by atoms with Crippen LogP contribution < -0.4 is 10.6 Å². The maximum Gasteiger partial charge on any atom is 0.416 e. The number of allylic oxidation sites excluding steroid dienone is 1. The number of hydrogen-bond donors (Lipinski definition) is 2. The van der Waals surface area contributed by atoms with E-state index in [2.05, 4.69) is 10.6 Å². The predicted molar refractivity (Wildman–Crippen MR) is 123 cm³/mol. The Labute approximate surface area is 194 Å². The molecular formula is C26H20ClF3N2O. The SMILES string of the molecule is O=C1C[C@@H](c2ccc(Cl)cc2)CC2=C1[C@@H](c1ccccc1C(F)(F)F)Nc1ccccc1N2. The highest BCUT2D eigenvalue weighted by Gasteiger charge is 2.40. The highest BCUT2D eigenvalue weighted by atomic mass is 35.5. The lowest BCUT2D eigenvalue weighted by Gasteiger charge is -2.31. The summed E-state index contributed by atoms with van der Waals surface area (Å²) in [7, 11) is 0. The van der Waals surface area contributed by atoms with Gasteiger partial charge in [-0.05, 0) is 53.8 Å². The van der Waals surface area contributed by atoms with Crippen LogP contribution in [0.4, 0.5) is 24.5 Å². The molecule has 1 heterocycles. The number of rotatable bonds is 2. The fourth-order valence-electron chi connectivity index (χ4n) is 4.70. The van der Waals surface area contributed by atoms with Gasteiger partial charge in [-0.15, -0.1) is 0 Å². The maximum atomic E-state index is 13.9. The average Bonchev–Trinajstić information content (AvgIpc) is 2.96. The molecule has 0 fully saturated rings. The molecular weight excluding hydrogens is 449 g/mol. The molecule has 2 N–H and O–H groups in total. The van der Waals surface area contributed by atoms with Gasteiger partial charge in [-0.2, -0.15) is 13.2 Å². The van der Waals surface area contributed by atoms with E-state index in [1.807, 2.05) is 30.3 Å². The maximum absolute atomic E-state index is 13.9. The van der Waals surface area contributed by atoms with E-state index in [0.717, 1.165) is 17.3 Å². The van der Waals surface area contributed by atoms with Crippen molar-refractivity contribution in [2.75, 3.05) is 10.6 Å². The summed E-state index contributed by atoms with van der Waals surface area (Å²) in [5.41, 5.74) is 2.62. The van der Waals surface area contributed by atoms with Crippen molar-refractivity contribution in [2.45, 2.75) is 31.0 Å². The Morgan fingerprint density at radius 2 is 1.52 bits per heavy atom. The van der Waals surface area contributed by atoms with Crippen molar-refractivity contribution < 1.29 is 18.0 Å². The van der Waals surface area contributed by atoms with Crippen LogP contribution >= 0.6 is 11.6 Å². The van der Waals surface area contributed by atoms with Gasteiger partial charge in [-0.3, -0.25) is 4.79 Å². The first-order valence-corrected chi connectivity index (χ1v) is 11.0. The van der Waals surface area contributed by atoms with E-state index in [1.54, 1.807) is 24.3 Å². The number of para-hydroxylation sites is 2. The Hall–Kier alpha value is -3.25. The number of Topliss-reactive ketones (excluding diaryl/α,β-unsaturated/α-hetero) is 1. The second-order valence-corrected chi connectivity index (χ2v) is 8.74. The number of nitrogens with one attached hydrogen (secondary N) is 2. The van der Waals surface area contributed by atoms with E-state index in [9.17, 15) is 18.0 Å². The molecule has 168 valence electrons. The van der Waals surface area contributed by atoms with Gasteiger partial charge in [0.1, 0.15) is 0 Å². The van der Waals surface area contributed by atoms with Crippen LogP contribution in [0.2, 0.25) is 5.02 Å². The number of anilines is 2. The van der Waals surface area contributed by atoms with Gasteiger partial charge in [0.25, 0.3) is 0 Å². The number of carbonyl (C=O) groups excluding carboxylic acids is 1. The highest BCUT2D eigenvalue weighted by Crippen LogP contribution is 2.46. The van der Waals surface area contributed by atoms with Gasteiger partial charge >= 0.3 is 6.18 Å². The first-order chi connectivity index (χ1) is 15.8. The molecule has 3 aromatic carbocycles. The Bertz CT molecular complexity index is 1250. The molecule has 0 radical (unpaired) electrons. The molecule has 0 saturated heterocycles. The second kappa shape index (κ2) is 8.27. The largest absolute Gasteiger partial charge is 0.416 e. The number of hydrogen-bond acceptors (Lipinski definition) is 3. The Balaban J connectivity index is 1.65. The lowest BCUT2D eigenvalue weighted by Crippen LogP contribution is -2.28. The summed E-state index contributed by atoms with van der Waals surface area (Å²) in [6, 6.07) is 19.2. The van der Waals surface area contributed by atoms with Gasteiger partial charge in [0.2, 0.25) is 0 Å². The minimum Gasteiger partial charge on any atom is -0.372 e. The number of ketones is 1. The van der Waals surface area contributed by atoms with E-state index in [4.69, 9.17) is 11.6 Å². The molecule has 2 aliphatic rings. The minimum absolute atomic E-state index is 0.0364. The average molecular weight is 469 g/mol. The molecule has 7 heteroatoms. The molecule has 0 unspecified atom stereocenters. The number of alkyl halides is 3. The van der Waals surface area contributed by atoms with Gasteiger partial charge < -0.3 is 10.6 Å². The molecule has 1 aliphatic heterocycles. The third kappa shape index (κ3) is 4.11. The smallest absolute Gasteiger partial charge is 0.372 e. The van der Waals surface area contributed by atoms with Crippen LogP contribution in [0.15, 0.2) is 84.1 Å². The van der Waals surface area contributed by atoms with Crippen molar-refractivity contribution in [2.24, 2.45) is 0 Å². The Morgan fingerprint density at radius 3 is 2.24 bits per heavy atom. The topological polar surface area (TPSA) is 41.1 Å². The van der Waals surface area contributed by atoms with Gasteiger partial charge in [-0.1, -0.05) is 54.1 Å². The van der Waals surface area contributed by atoms with E-state index < -0.39 is 17.8 Å². The fraction of sp³-hybridized carbons (Fsp3) is 0.192. The molecule has 0 bridgehead atoms. The van der Waals surface area contributed by atoms with Crippen molar-refractivity contribution >= 4 is 28.8 Å². The van der Waals surface area contributed by atoms with Crippen molar-refractivity contribution in [3.05, 3.63) is 106 Å². The molecule has 3 aromatic rings. The van der Waals surface area contributed by atoms with E-state index in [0.29, 0.717) is 28.4 Å². The van der Waals surface area contributed by atoms with Crippen LogP contribution in [0.1, 0.15) is 41.5 Å². The fourth-order valence-corrected chi connectivity index (χ4v) is 4.83. The zero-order valence-corrected chi connectivity index (χ0v) is 18.2. The van der Waals surface area contributed by atoms with E-state index in [-0.39, 0.29) is 23.7 Å². The summed E-state index contributed by atoms with van der Waals surface area (Å²) in [6.07, 6.45) is -3.82. The van der Waals surface area contributed by atoms with E-state index >= 15 is 0 Å². The molecule has 1 aliphatic carbocycles. The van der Waals surface area contributed by atoms with Crippen molar-refractivity contribution in [1.29, 1.82) is 0 Å². The van der Waals surface area contributed by atoms with Gasteiger partial charge in [0, 0.05) is 22.7 Å². The van der Waals surface area contributed by atoms with Gasteiger partial charge in [-0.25, -0.2) is 0 Å². The van der Waals surface area contributed by atoms with Crippen molar-refractivity contribution in [1.82, 2.24) is 0 Å². The first kappa shape index (κ1) is 21.6. The summed E-state index contributed by atoms with van der Waals surface area (Å²) < 4.78 is 41.6. The number of halogens is 4. The highest BCUT2D eigenvalue weighted by molar-refractivity contribution is 6.30. The summed E-state index contributed by atoms with van der Waals surface area (Å²) in [4.78, 5) is 13.5. The summed E-state index contributed by atoms with van der Waals surface area (Å²) in [6.45, 7) is 0. The quantitative estimate of drug-likeness (QED) is 0.413. The molecule has 2 atom stereocenters. The normalized spacial score (nSPS) is 20.3. The molecule has 0 spiro atoms. The summed E-state index contributed by atoms with van der Waals surface area (Å²) in [5, 5.41) is 7.18. The van der Waals surface area contributed by atoms with Gasteiger partial charge in [0.15, 0.2) is 5.78 Å². The second-order valence-electron chi connectivity index (χ2n) is 8.31. The van der Waals surface area contributed by atoms with Crippen molar-refractivity contribution in [3.8, 4) is 0 Å². The molecule has 3 nitrogen and oxygen atoms in total. The predicted octanol–water partition coefficient (Wildman–Crippen LogP) is 7.34. The third-order valence-electron chi connectivity index (χ3n) is 6.23. The number of benzene rings is 3. The third-order valence-corrected chi connectivity index (χ3v) is 6.48. The zero-order chi connectivity index (χ0) is 23.2.